The molecule has 1 saturated heterocycles. The fraction of sp³-hybridized carbons (Fsp3) is 0.778. The molecule has 0 aromatic carbocycles. The predicted octanol–water partition coefficient (Wildman–Crippen LogP) is -0.894. The van der Waals surface area contributed by atoms with E-state index in [1.165, 1.54) is 4.90 Å². The van der Waals surface area contributed by atoms with E-state index in [2.05, 4.69) is 5.32 Å². The van der Waals surface area contributed by atoms with Crippen LogP contribution in [0.5, 0.6) is 0 Å². The van der Waals surface area contributed by atoms with Crippen molar-refractivity contribution < 1.29 is 14.7 Å². The van der Waals surface area contributed by atoms with Gasteiger partial charge in [-0.25, -0.2) is 0 Å². The average molecular weight is 200 g/mol. The van der Waals surface area contributed by atoms with Crippen LogP contribution in [0.2, 0.25) is 0 Å². The van der Waals surface area contributed by atoms with Gasteiger partial charge in [-0.3, -0.25) is 19.8 Å². The Balaban J connectivity index is 2.59. The second kappa shape index (κ2) is 5.07. The number of hydrogen-bond donors (Lipinski definition) is 2. The van der Waals surface area contributed by atoms with Crippen LogP contribution < -0.4 is 5.32 Å². The van der Waals surface area contributed by atoms with Crippen LogP contribution in [0.4, 0.5) is 0 Å². The van der Waals surface area contributed by atoms with E-state index >= 15 is 0 Å². The molecule has 0 aromatic rings. The van der Waals surface area contributed by atoms with Crippen LogP contribution in [-0.2, 0) is 9.59 Å². The molecule has 0 spiro atoms. The van der Waals surface area contributed by atoms with E-state index < -0.39 is 0 Å². The van der Waals surface area contributed by atoms with Gasteiger partial charge < -0.3 is 5.11 Å². The molecule has 1 atom stereocenters. The van der Waals surface area contributed by atoms with Gasteiger partial charge in [0.15, 0.2) is 0 Å². The van der Waals surface area contributed by atoms with Crippen LogP contribution in [0.3, 0.4) is 0 Å². The first-order valence-corrected chi connectivity index (χ1v) is 4.89. The van der Waals surface area contributed by atoms with Crippen molar-refractivity contribution in [3.05, 3.63) is 0 Å². The average Bonchev–Trinajstić information content (AvgIpc) is 2.18. The van der Waals surface area contributed by atoms with E-state index in [1.54, 1.807) is 0 Å². The maximum Gasteiger partial charge on any atom is 0.246 e. The first kappa shape index (κ1) is 11.1. The summed E-state index contributed by atoms with van der Waals surface area (Å²) in [6.45, 7) is 2.44. The molecule has 5 nitrogen and oxygen atoms in total. The van der Waals surface area contributed by atoms with Crippen molar-refractivity contribution in [3.8, 4) is 0 Å². The lowest BCUT2D eigenvalue weighted by molar-refractivity contribution is -0.149. The highest BCUT2D eigenvalue weighted by molar-refractivity contribution is 6.01. The lowest BCUT2D eigenvalue weighted by atomic mass is 10.1. The highest BCUT2D eigenvalue weighted by Gasteiger charge is 2.31. The lowest BCUT2D eigenvalue weighted by Gasteiger charge is -2.30. The first-order chi connectivity index (χ1) is 6.70. The van der Waals surface area contributed by atoms with E-state index in [0.29, 0.717) is 19.4 Å². The van der Waals surface area contributed by atoms with Crippen LogP contribution >= 0.6 is 0 Å². The molecule has 2 amide bonds. The summed E-state index contributed by atoms with van der Waals surface area (Å²) >= 11 is 0. The summed E-state index contributed by atoms with van der Waals surface area (Å²) in [7, 11) is 0. The third-order valence-corrected chi connectivity index (χ3v) is 2.31. The molecule has 0 saturated carbocycles. The quantitative estimate of drug-likeness (QED) is 0.577. The summed E-state index contributed by atoms with van der Waals surface area (Å²) in [6.07, 6.45) is 1.13. The van der Waals surface area contributed by atoms with Crippen molar-refractivity contribution in [1.82, 2.24) is 10.2 Å². The van der Waals surface area contributed by atoms with Crippen molar-refractivity contribution in [3.63, 3.8) is 0 Å². The Labute approximate surface area is 83.1 Å². The van der Waals surface area contributed by atoms with Crippen LogP contribution in [0.1, 0.15) is 19.8 Å². The van der Waals surface area contributed by atoms with Gasteiger partial charge in [0.25, 0.3) is 0 Å². The number of rotatable bonds is 4. The molecule has 0 bridgehead atoms. The Morgan fingerprint density at radius 2 is 2.29 bits per heavy atom. The summed E-state index contributed by atoms with van der Waals surface area (Å²) < 4.78 is 0. The van der Waals surface area contributed by atoms with Crippen LogP contribution in [0.25, 0.3) is 0 Å². The van der Waals surface area contributed by atoms with Gasteiger partial charge in [0.05, 0.1) is 12.6 Å². The van der Waals surface area contributed by atoms with Gasteiger partial charge in [0.1, 0.15) is 0 Å². The second-order valence-electron chi connectivity index (χ2n) is 3.30. The van der Waals surface area contributed by atoms with E-state index in [1.807, 2.05) is 6.92 Å². The van der Waals surface area contributed by atoms with Gasteiger partial charge in [-0.15, -0.1) is 0 Å². The monoisotopic (exact) mass is 200 g/mol. The van der Waals surface area contributed by atoms with Crippen LogP contribution in [-0.4, -0.2) is 47.6 Å². The number of hydrogen-bond acceptors (Lipinski definition) is 4. The maximum atomic E-state index is 11.6. The zero-order valence-corrected chi connectivity index (χ0v) is 8.32. The zero-order chi connectivity index (χ0) is 10.6. The molecule has 80 valence electrons. The molecule has 5 heteroatoms. The molecule has 0 radical (unpaired) electrons. The lowest BCUT2D eigenvalue weighted by Crippen LogP contribution is -2.58. The van der Waals surface area contributed by atoms with E-state index in [9.17, 15) is 9.59 Å². The molecule has 1 rings (SSSR count). The highest BCUT2D eigenvalue weighted by Crippen LogP contribution is 2.06. The molecule has 0 aliphatic carbocycles. The van der Waals surface area contributed by atoms with Crippen molar-refractivity contribution in [2.45, 2.75) is 25.8 Å². The topological polar surface area (TPSA) is 69.6 Å². The van der Waals surface area contributed by atoms with Gasteiger partial charge in [0, 0.05) is 13.2 Å². The predicted molar refractivity (Wildman–Crippen MR) is 50.5 cm³/mol. The minimum absolute atomic E-state index is 0.00127. The second-order valence-corrected chi connectivity index (χ2v) is 3.30. The van der Waals surface area contributed by atoms with Gasteiger partial charge >= 0.3 is 0 Å². The maximum absolute atomic E-state index is 11.6. The number of aliphatic hydroxyl groups is 1. The highest BCUT2D eigenvalue weighted by atomic mass is 16.3. The third kappa shape index (κ3) is 2.30. The molecule has 1 heterocycles. The molecule has 2 N–H and O–H groups in total. The van der Waals surface area contributed by atoms with Crippen LogP contribution in [0.15, 0.2) is 0 Å². The number of piperazine rings is 1. The number of amides is 2. The van der Waals surface area contributed by atoms with E-state index in [4.69, 9.17) is 5.11 Å². The van der Waals surface area contributed by atoms with Crippen molar-refractivity contribution >= 4 is 11.8 Å². The number of nitrogens with one attached hydrogen (secondary N) is 1. The Hall–Kier alpha value is -0.940. The summed E-state index contributed by atoms with van der Waals surface area (Å²) in [4.78, 5) is 24.2. The summed E-state index contributed by atoms with van der Waals surface area (Å²) in [6, 6.07) is -0.244. The molecule has 1 aliphatic heterocycles. The Morgan fingerprint density at radius 3 is 2.86 bits per heavy atom. The van der Waals surface area contributed by atoms with E-state index in [-0.39, 0.29) is 31.0 Å². The normalized spacial score (nSPS) is 23.0. The van der Waals surface area contributed by atoms with Gasteiger partial charge in [0.2, 0.25) is 11.8 Å². The molecule has 0 aromatic heterocycles. The number of imide groups is 1. The number of carbonyl (C=O) groups excluding carboxylic acids is 2. The SMILES string of the molecule is CCC1NCC(=O)N(CCCO)C1=O. The summed E-state index contributed by atoms with van der Waals surface area (Å²) in [5, 5.41) is 11.5. The molecule has 1 fully saturated rings. The standard InChI is InChI=1S/C9H16N2O3/c1-2-7-9(14)11(4-3-5-12)8(13)6-10-7/h7,10,12H,2-6H2,1H3. The van der Waals surface area contributed by atoms with Crippen molar-refractivity contribution in [2.24, 2.45) is 0 Å². The molecular weight excluding hydrogens is 184 g/mol. The van der Waals surface area contributed by atoms with Crippen molar-refractivity contribution in [2.75, 3.05) is 19.7 Å². The minimum Gasteiger partial charge on any atom is -0.396 e. The Morgan fingerprint density at radius 1 is 1.57 bits per heavy atom. The molecule has 1 unspecified atom stereocenters. The minimum atomic E-state index is -0.244. The number of carbonyl (C=O) groups is 2. The van der Waals surface area contributed by atoms with Gasteiger partial charge in [-0.2, -0.15) is 0 Å². The Bertz CT molecular complexity index is 230. The first-order valence-electron chi connectivity index (χ1n) is 4.89. The van der Waals surface area contributed by atoms with Crippen molar-refractivity contribution in [1.29, 1.82) is 0 Å². The number of aliphatic hydroxyl groups excluding tert-OH is 1. The van der Waals surface area contributed by atoms with Gasteiger partial charge in [-0.1, -0.05) is 6.92 Å². The Kier molecular flexibility index (Phi) is 4.03. The third-order valence-electron chi connectivity index (χ3n) is 2.31. The zero-order valence-electron chi connectivity index (χ0n) is 8.32. The van der Waals surface area contributed by atoms with Gasteiger partial charge in [-0.05, 0) is 12.8 Å². The molecular formula is C9H16N2O3. The summed E-state index contributed by atoms with van der Waals surface area (Å²) in [5.41, 5.74) is 0. The van der Waals surface area contributed by atoms with Crippen LogP contribution in [0, 0.1) is 0 Å². The fourth-order valence-electron chi connectivity index (χ4n) is 1.49. The van der Waals surface area contributed by atoms with E-state index in [0.717, 1.165) is 0 Å². The molecule has 1 aliphatic rings. The number of nitrogens with zero attached hydrogens (tertiary/aromatic N) is 1. The molecule has 14 heavy (non-hydrogen) atoms. The summed E-state index contributed by atoms with van der Waals surface area (Å²) in [5.74, 6) is -0.370. The fourth-order valence-corrected chi connectivity index (χ4v) is 1.49. The smallest absolute Gasteiger partial charge is 0.246 e. The largest absolute Gasteiger partial charge is 0.396 e.